The molecule has 1 heterocycles. The largest absolute Gasteiger partial charge is 0.394 e. The molecule has 0 radical (unpaired) electrons. The van der Waals surface area contributed by atoms with E-state index in [2.05, 4.69) is 0 Å². The highest BCUT2D eigenvalue weighted by Crippen LogP contribution is 2.40. The Morgan fingerprint density at radius 3 is 2.17 bits per heavy atom. The van der Waals surface area contributed by atoms with Gasteiger partial charge in [-0.3, -0.25) is 0 Å². The molecule has 1 aromatic heterocycles. The lowest BCUT2D eigenvalue weighted by Gasteiger charge is -2.27. The van der Waals surface area contributed by atoms with Crippen molar-refractivity contribution in [2.75, 3.05) is 0 Å². The molecule has 1 nitrogen and oxygen atoms in total. The van der Waals surface area contributed by atoms with Gasteiger partial charge in [-0.05, 0) is 72.0 Å². The highest BCUT2D eigenvalue weighted by atomic mass is 19.4. The summed E-state index contributed by atoms with van der Waals surface area (Å²) in [4.78, 5) is 0. The van der Waals surface area contributed by atoms with Gasteiger partial charge in [-0.25, -0.2) is 4.57 Å². The molecule has 0 aliphatic rings. The molecule has 0 spiro atoms. The summed E-state index contributed by atoms with van der Waals surface area (Å²) in [5.74, 6) is 0. The molecule has 0 N–H and O–H groups in total. The van der Waals surface area contributed by atoms with Crippen LogP contribution in [0.15, 0.2) is 79.0 Å². The lowest BCUT2D eigenvalue weighted by molar-refractivity contribution is -0.660. The van der Waals surface area contributed by atoms with E-state index in [1.54, 1.807) is 17.7 Å². The first-order valence-electron chi connectivity index (χ1n) is 15.9. The maximum atomic E-state index is 13.7. The Hall–Kier alpha value is -3.40. The van der Waals surface area contributed by atoms with Crippen molar-refractivity contribution in [3.05, 3.63) is 101 Å². The van der Waals surface area contributed by atoms with E-state index in [0.29, 0.717) is 11.3 Å². The van der Waals surface area contributed by atoms with Crippen LogP contribution in [0, 0.1) is 26.0 Å². The molecule has 0 unspecified atom stereocenters. The summed E-state index contributed by atoms with van der Waals surface area (Å²) in [6, 6.07) is 16.7. The minimum Gasteiger partial charge on any atom is -0.201 e. The average molecular weight is 498 g/mol. The van der Waals surface area contributed by atoms with Crippen LogP contribution in [0.5, 0.6) is 0 Å². The van der Waals surface area contributed by atoms with Crippen LogP contribution in [0.1, 0.15) is 48.4 Å². The van der Waals surface area contributed by atoms with Crippen molar-refractivity contribution in [3.63, 3.8) is 0 Å². The van der Waals surface area contributed by atoms with Crippen LogP contribution in [0.4, 0.5) is 13.2 Å². The smallest absolute Gasteiger partial charge is 0.201 e. The fourth-order valence-electron chi connectivity index (χ4n) is 4.05. The van der Waals surface area contributed by atoms with E-state index in [0.717, 1.165) is 25.0 Å². The second-order valence-electron chi connectivity index (χ2n) is 9.41. The Morgan fingerprint density at radius 1 is 0.833 bits per heavy atom. The topological polar surface area (TPSA) is 3.88 Å². The lowest BCUT2D eigenvalue weighted by atomic mass is 9.84. The highest BCUT2D eigenvalue weighted by Gasteiger charge is 2.46. The van der Waals surface area contributed by atoms with Crippen LogP contribution in [0.2, 0.25) is 0 Å². The predicted octanol–water partition coefficient (Wildman–Crippen LogP) is 8.57. The second kappa shape index (κ2) is 9.57. The minimum absolute atomic E-state index is 0.0693. The molecule has 4 rings (SSSR count). The van der Waals surface area contributed by atoms with Crippen molar-refractivity contribution >= 4 is 0 Å². The monoisotopic (exact) mass is 497 g/mol. The number of aromatic nitrogens is 1. The molecular weight excluding hydrogens is 455 g/mol. The molecule has 0 aliphatic heterocycles. The van der Waals surface area contributed by atoms with Gasteiger partial charge in [0, 0.05) is 28.2 Å². The quantitative estimate of drug-likeness (QED) is 0.243. The van der Waals surface area contributed by atoms with Gasteiger partial charge in [0.2, 0.25) is 5.69 Å². The third kappa shape index (κ3) is 5.09. The van der Waals surface area contributed by atoms with Gasteiger partial charge in [0.25, 0.3) is 0 Å². The van der Waals surface area contributed by atoms with Crippen LogP contribution < -0.4 is 4.57 Å². The standard InChI is InChI=1S/C32H33F3N/c1-21-9-7-8-10-28(21)30-18-29(23(3)20-36(30)6)27-16-15-26(17-22(27)2)25-13-11-24(12-14-25)19-31(4,5)32(33,34)35/h7-18,20H,19H2,1-6H3/q+1/i2D3,3D3,16D,19D2. The molecule has 3 aromatic carbocycles. The maximum Gasteiger partial charge on any atom is 0.394 e. The van der Waals surface area contributed by atoms with Crippen LogP contribution >= 0.6 is 0 Å². The number of aryl methyl sites for hydroxylation is 4. The van der Waals surface area contributed by atoms with Gasteiger partial charge in [0.05, 0.1) is 6.79 Å². The van der Waals surface area contributed by atoms with Crippen LogP contribution in [0.3, 0.4) is 0 Å². The van der Waals surface area contributed by atoms with Gasteiger partial charge in [-0.15, -0.1) is 0 Å². The molecule has 0 amide bonds. The van der Waals surface area contributed by atoms with Crippen molar-refractivity contribution < 1.29 is 30.1 Å². The van der Waals surface area contributed by atoms with Crippen LogP contribution in [0.25, 0.3) is 33.5 Å². The molecule has 0 saturated heterocycles. The Balaban J connectivity index is 1.94. The lowest BCUT2D eigenvalue weighted by Crippen LogP contribution is -2.34. The number of alkyl halides is 3. The Labute approximate surface area is 224 Å². The van der Waals surface area contributed by atoms with Gasteiger partial charge in [-0.1, -0.05) is 74.5 Å². The molecule has 0 bridgehead atoms. The Kier molecular flexibility index (Phi) is 4.35. The van der Waals surface area contributed by atoms with E-state index in [9.17, 15) is 13.2 Å². The minimum atomic E-state index is -4.82. The summed E-state index contributed by atoms with van der Waals surface area (Å²) in [5.41, 5.74) is -0.379. The van der Waals surface area contributed by atoms with Gasteiger partial charge in [0.1, 0.15) is 7.05 Å². The SMILES string of the molecule is [2H]c1cc(-c2ccc(C([2H])([2H])C(C)(C)C(F)(F)F)cc2)cc(C([2H])([2H])[2H])c1-c1cc(-c2ccccc2C)[n+](C)cc1C([2H])([2H])[2H]. The molecule has 4 aromatic rings. The molecule has 4 heteroatoms. The normalized spacial score (nSPS) is 16.9. The molecule has 0 saturated carbocycles. The third-order valence-corrected chi connectivity index (χ3v) is 6.29. The highest BCUT2D eigenvalue weighted by molar-refractivity contribution is 5.77. The summed E-state index contributed by atoms with van der Waals surface area (Å²) >= 11 is 0. The fourth-order valence-corrected chi connectivity index (χ4v) is 4.05. The molecule has 0 atom stereocenters. The van der Waals surface area contributed by atoms with E-state index in [-0.39, 0.29) is 39.4 Å². The maximum absolute atomic E-state index is 13.7. The molecule has 0 fully saturated rings. The molecular formula is C32H33F3N+. The fraction of sp³-hybridized carbons (Fsp3) is 0.281. The third-order valence-electron chi connectivity index (χ3n) is 6.29. The van der Waals surface area contributed by atoms with Crippen LogP contribution in [-0.2, 0) is 13.4 Å². The van der Waals surface area contributed by atoms with Crippen molar-refractivity contribution in [3.8, 4) is 33.5 Å². The molecule has 186 valence electrons. The number of pyridine rings is 1. The van der Waals surface area contributed by atoms with Crippen molar-refractivity contribution in [1.29, 1.82) is 0 Å². The second-order valence-corrected chi connectivity index (χ2v) is 9.41. The van der Waals surface area contributed by atoms with Crippen molar-refractivity contribution in [2.45, 2.75) is 47.0 Å². The predicted molar refractivity (Wildman–Crippen MR) is 142 cm³/mol. The van der Waals surface area contributed by atoms with Gasteiger partial charge >= 0.3 is 6.18 Å². The zero-order chi connectivity index (χ0) is 33.9. The van der Waals surface area contributed by atoms with E-state index in [4.69, 9.17) is 12.3 Å². The molecule has 0 aliphatic carbocycles. The van der Waals surface area contributed by atoms with Crippen LogP contribution in [-0.4, -0.2) is 6.18 Å². The summed E-state index contributed by atoms with van der Waals surface area (Å²) in [5, 5.41) is 0. The van der Waals surface area contributed by atoms with Gasteiger partial charge in [0.15, 0.2) is 6.20 Å². The number of halogens is 3. The average Bonchev–Trinajstić information content (AvgIpc) is 2.91. The van der Waals surface area contributed by atoms with Crippen molar-refractivity contribution in [1.82, 2.24) is 0 Å². The van der Waals surface area contributed by atoms with E-state index in [1.165, 1.54) is 42.6 Å². The zero-order valence-electron chi connectivity index (χ0n) is 29.5. The Bertz CT molecular complexity index is 1740. The zero-order valence-corrected chi connectivity index (χ0v) is 20.5. The molecule has 36 heavy (non-hydrogen) atoms. The number of rotatable bonds is 5. The number of benzene rings is 3. The van der Waals surface area contributed by atoms with Gasteiger partial charge in [-0.2, -0.15) is 13.2 Å². The summed E-state index contributed by atoms with van der Waals surface area (Å²) < 4.78 is 118. The summed E-state index contributed by atoms with van der Waals surface area (Å²) in [6.07, 6.45) is -6.17. The van der Waals surface area contributed by atoms with E-state index in [1.807, 2.05) is 31.2 Å². The number of nitrogens with zero attached hydrogens (tertiary/aromatic N) is 1. The first-order chi connectivity index (χ1) is 20.5. The summed E-state index contributed by atoms with van der Waals surface area (Å²) in [7, 11) is 1.69. The number of hydrogen-bond acceptors (Lipinski definition) is 0. The summed E-state index contributed by atoms with van der Waals surface area (Å²) in [6.45, 7) is -1.95. The van der Waals surface area contributed by atoms with Crippen molar-refractivity contribution in [2.24, 2.45) is 12.5 Å². The number of hydrogen-bond donors (Lipinski definition) is 0. The first kappa shape index (κ1) is 16.4. The first-order valence-corrected chi connectivity index (χ1v) is 11.4. The van der Waals surface area contributed by atoms with Gasteiger partial charge < -0.3 is 0 Å². The van der Waals surface area contributed by atoms with E-state index >= 15 is 0 Å². The van der Waals surface area contributed by atoms with E-state index < -0.39 is 31.7 Å². The Morgan fingerprint density at radius 2 is 1.53 bits per heavy atom.